The second kappa shape index (κ2) is 6.10. The van der Waals surface area contributed by atoms with Gasteiger partial charge in [0.2, 0.25) is 5.91 Å². The number of carbonyl (C=O) groups excluding carboxylic acids is 1. The van der Waals surface area contributed by atoms with E-state index in [2.05, 4.69) is 15.0 Å². The molecule has 0 radical (unpaired) electrons. The van der Waals surface area contributed by atoms with E-state index in [1.807, 2.05) is 12.1 Å². The monoisotopic (exact) mass is 194 g/mol. The van der Waals surface area contributed by atoms with Crippen molar-refractivity contribution in [2.75, 3.05) is 20.3 Å². The van der Waals surface area contributed by atoms with Gasteiger partial charge < -0.3 is 10.1 Å². The number of hydrogen-bond acceptors (Lipinski definition) is 3. The molecule has 0 aliphatic rings. The number of carbonyl (C=O) groups is 1. The summed E-state index contributed by atoms with van der Waals surface area (Å²) in [7, 11) is 1.50. The minimum Gasteiger partial charge on any atom is -0.375 e. The van der Waals surface area contributed by atoms with Gasteiger partial charge in [-0.05, 0) is 24.1 Å². The normalized spacial score (nSPS) is 9.79. The van der Waals surface area contributed by atoms with Crippen molar-refractivity contribution in [3.8, 4) is 0 Å². The fourth-order valence-electron chi connectivity index (χ4n) is 1.08. The van der Waals surface area contributed by atoms with Crippen LogP contribution in [0.5, 0.6) is 0 Å². The Kier molecular flexibility index (Phi) is 4.64. The van der Waals surface area contributed by atoms with Gasteiger partial charge in [0.15, 0.2) is 0 Å². The SMILES string of the molecule is COCC(=O)NCCc1ccncc1. The van der Waals surface area contributed by atoms with E-state index in [-0.39, 0.29) is 12.5 Å². The number of methoxy groups -OCH3 is 1. The summed E-state index contributed by atoms with van der Waals surface area (Å²) < 4.78 is 4.68. The van der Waals surface area contributed by atoms with Gasteiger partial charge in [-0.3, -0.25) is 9.78 Å². The predicted molar refractivity (Wildman–Crippen MR) is 52.8 cm³/mol. The molecule has 0 aromatic carbocycles. The molecule has 1 amide bonds. The Bertz CT molecular complexity index is 275. The summed E-state index contributed by atoms with van der Waals surface area (Å²) in [5.74, 6) is -0.0819. The third-order valence-corrected chi connectivity index (χ3v) is 1.76. The van der Waals surface area contributed by atoms with Gasteiger partial charge >= 0.3 is 0 Å². The Balaban J connectivity index is 2.19. The molecule has 0 aliphatic heterocycles. The minimum atomic E-state index is -0.0819. The van der Waals surface area contributed by atoms with Crippen molar-refractivity contribution in [2.24, 2.45) is 0 Å². The van der Waals surface area contributed by atoms with E-state index < -0.39 is 0 Å². The lowest BCUT2D eigenvalue weighted by molar-refractivity contribution is -0.124. The van der Waals surface area contributed by atoms with Crippen molar-refractivity contribution >= 4 is 5.91 Å². The van der Waals surface area contributed by atoms with Crippen molar-refractivity contribution in [2.45, 2.75) is 6.42 Å². The third kappa shape index (κ3) is 4.00. The number of nitrogens with zero attached hydrogens (tertiary/aromatic N) is 1. The van der Waals surface area contributed by atoms with Crippen LogP contribution in [0.1, 0.15) is 5.56 Å². The Morgan fingerprint density at radius 3 is 2.86 bits per heavy atom. The van der Waals surface area contributed by atoms with Gasteiger partial charge in [-0.15, -0.1) is 0 Å². The highest BCUT2D eigenvalue weighted by Gasteiger charge is 1.98. The lowest BCUT2D eigenvalue weighted by atomic mass is 10.2. The minimum absolute atomic E-state index is 0.0819. The number of ether oxygens (including phenoxy) is 1. The van der Waals surface area contributed by atoms with Crippen molar-refractivity contribution in [3.05, 3.63) is 30.1 Å². The van der Waals surface area contributed by atoms with Crippen molar-refractivity contribution < 1.29 is 9.53 Å². The van der Waals surface area contributed by atoms with Crippen molar-refractivity contribution in [1.29, 1.82) is 0 Å². The topological polar surface area (TPSA) is 51.2 Å². The number of pyridine rings is 1. The summed E-state index contributed by atoms with van der Waals surface area (Å²) in [4.78, 5) is 14.9. The second-order valence-corrected chi connectivity index (χ2v) is 2.89. The molecule has 0 bridgehead atoms. The van der Waals surface area contributed by atoms with Crippen LogP contribution >= 0.6 is 0 Å². The number of nitrogens with one attached hydrogen (secondary N) is 1. The molecule has 1 aromatic rings. The van der Waals surface area contributed by atoms with Crippen LogP contribution in [0.15, 0.2) is 24.5 Å². The average Bonchev–Trinajstić information content (AvgIpc) is 2.20. The Morgan fingerprint density at radius 1 is 1.50 bits per heavy atom. The van der Waals surface area contributed by atoms with Gasteiger partial charge in [0.05, 0.1) is 0 Å². The molecule has 1 aromatic heterocycles. The van der Waals surface area contributed by atoms with Crippen LogP contribution in [0.25, 0.3) is 0 Å². The molecule has 0 saturated heterocycles. The van der Waals surface area contributed by atoms with Gasteiger partial charge in [-0.2, -0.15) is 0 Å². The van der Waals surface area contributed by atoms with E-state index in [9.17, 15) is 4.79 Å². The standard InChI is InChI=1S/C10H14N2O2/c1-14-8-10(13)12-7-4-9-2-5-11-6-3-9/h2-3,5-6H,4,7-8H2,1H3,(H,12,13). The molecule has 1 heterocycles. The van der Waals surface area contributed by atoms with Crippen LogP contribution in [-0.4, -0.2) is 31.2 Å². The second-order valence-electron chi connectivity index (χ2n) is 2.89. The Hall–Kier alpha value is -1.42. The lowest BCUT2D eigenvalue weighted by Gasteiger charge is -2.03. The summed E-state index contributed by atoms with van der Waals surface area (Å²) >= 11 is 0. The number of aromatic nitrogens is 1. The highest BCUT2D eigenvalue weighted by molar-refractivity contribution is 5.77. The Labute approximate surface area is 83.3 Å². The number of amides is 1. The maximum Gasteiger partial charge on any atom is 0.245 e. The molecule has 0 spiro atoms. The average molecular weight is 194 g/mol. The summed E-state index contributed by atoms with van der Waals surface area (Å²) in [5, 5.41) is 2.75. The number of hydrogen-bond donors (Lipinski definition) is 1. The van der Waals surface area contributed by atoms with Crippen molar-refractivity contribution in [1.82, 2.24) is 10.3 Å². The third-order valence-electron chi connectivity index (χ3n) is 1.76. The molecule has 14 heavy (non-hydrogen) atoms. The zero-order chi connectivity index (χ0) is 10.2. The molecule has 1 rings (SSSR count). The molecule has 76 valence electrons. The predicted octanol–water partition coefficient (Wildman–Crippen LogP) is 0.387. The first-order valence-electron chi connectivity index (χ1n) is 4.47. The molecule has 4 heteroatoms. The summed E-state index contributed by atoms with van der Waals surface area (Å²) in [6.45, 7) is 0.753. The highest BCUT2D eigenvalue weighted by Crippen LogP contribution is 1.95. The van der Waals surface area contributed by atoms with Gasteiger partial charge in [-0.1, -0.05) is 0 Å². The molecule has 0 unspecified atom stereocenters. The van der Waals surface area contributed by atoms with E-state index in [1.165, 1.54) is 7.11 Å². The lowest BCUT2D eigenvalue weighted by Crippen LogP contribution is -2.28. The first-order valence-corrected chi connectivity index (χ1v) is 4.47. The van der Waals surface area contributed by atoms with Crippen LogP contribution < -0.4 is 5.32 Å². The van der Waals surface area contributed by atoms with Crippen LogP contribution in [0.2, 0.25) is 0 Å². The maximum atomic E-state index is 11.0. The molecule has 0 fully saturated rings. The summed E-state index contributed by atoms with van der Waals surface area (Å²) in [5.41, 5.74) is 1.16. The molecular weight excluding hydrogens is 180 g/mol. The van der Waals surface area contributed by atoms with Crippen LogP contribution in [0, 0.1) is 0 Å². The first kappa shape index (κ1) is 10.7. The molecule has 0 saturated carbocycles. The van der Waals surface area contributed by atoms with Crippen LogP contribution in [0.3, 0.4) is 0 Å². The Morgan fingerprint density at radius 2 is 2.21 bits per heavy atom. The summed E-state index contributed by atoms with van der Waals surface area (Å²) in [6, 6.07) is 3.87. The van der Waals surface area contributed by atoms with Gasteiger partial charge in [-0.25, -0.2) is 0 Å². The fraction of sp³-hybridized carbons (Fsp3) is 0.400. The molecule has 4 nitrogen and oxygen atoms in total. The van der Waals surface area contributed by atoms with Gasteiger partial charge in [0, 0.05) is 26.0 Å². The number of rotatable bonds is 5. The van der Waals surface area contributed by atoms with E-state index in [0.29, 0.717) is 6.54 Å². The van der Waals surface area contributed by atoms with Crippen LogP contribution in [-0.2, 0) is 16.0 Å². The zero-order valence-electron chi connectivity index (χ0n) is 8.19. The molecular formula is C10H14N2O2. The first-order chi connectivity index (χ1) is 6.83. The highest BCUT2D eigenvalue weighted by atomic mass is 16.5. The van der Waals surface area contributed by atoms with Crippen molar-refractivity contribution in [3.63, 3.8) is 0 Å². The fourth-order valence-corrected chi connectivity index (χ4v) is 1.08. The summed E-state index contributed by atoms with van der Waals surface area (Å²) in [6.07, 6.45) is 4.30. The molecule has 0 atom stereocenters. The smallest absolute Gasteiger partial charge is 0.245 e. The van der Waals surface area contributed by atoms with Gasteiger partial charge in [0.25, 0.3) is 0 Å². The van der Waals surface area contributed by atoms with E-state index in [1.54, 1.807) is 12.4 Å². The van der Waals surface area contributed by atoms with E-state index in [4.69, 9.17) is 0 Å². The zero-order valence-corrected chi connectivity index (χ0v) is 8.19. The van der Waals surface area contributed by atoms with E-state index in [0.717, 1.165) is 12.0 Å². The largest absolute Gasteiger partial charge is 0.375 e. The van der Waals surface area contributed by atoms with Gasteiger partial charge in [0.1, 0.15) is 6.61 Å². The molecule has 1 N–H and O–H groups in total. The quantitative estimate of drug-likeness (QED) is 0.737. The maximum absolute atomic E-state index is 11.0. The van der Waals surface area contributed by atoms with Crippen LogP contribution in [0.4, 0.5) is 0 Å². The molecule has 0 aliphatic carbocycles. The van der Waals surface area contributed by atoms with E-state index >= 15 is 0 Å².